The van der Waals surface area contributed by atoms with E-state index in [1.54, 1.807) is 0 Å². The van der Waals surface area contributed by atoms with E-state index < -0.39 is 11.6 Å². The van der Waals surface area contributed by atoms with E-state index in [9.17, 15) is 8.78 Å². The predicted molar refractivity (Wildman–Crippen MR) is 63.9 cm³/mol. The number of aliphatic hydroxyl groups is 1. The summed E-state index contributed by atoms with van der Waals surface area (Å²) in [6.07, 6.45) is 2.29. The molecule has 0 saturated heterocycles. The lowest BCUT2D eigenvalue weighted by Gasteiger charge is -2.16. The molecule has 0 saturated carbocycles. The summed E-state index contributed by atoms with van der Waals surface area (Å²) in [5.41, 5.74) is 0.542. The first kappa shape index (κ1) is 14.1. The molecule has 2 nitrogen and oxygen atoms in total. The van der Waals surface area contributed by atoms with Gasteiger partial charge in [0.1, 0.15) is 11.6 Å². The van der Waals surface area contributed by atoms with Crippen molar-refractivity contribution < 1.29 is 13.9 Å². The largest absolute Gasteiger partial charge is 0.396 e. The fourth-order valence-corrected chi connectivity index (χ4v) is 1.64. The molecule has 1 rings (SSSR count). The van der Waals surface area contributed by atoms with E-state index in [4.69, 9.17) is 5.11 Å². The Bertz CT molecular complexity index is 344. The molecule has 0 bridgehead atoms. The third-order valence-electron chi connectivity index (χ3n) is 2.73. The molecule has 0 heterocycles. The molecular weight excluding hydrogens is 224 g/mol. The number of likely N-dealkylation sites (N-methyl/N-ethyl adjacent to an activating group) is 1. The van der Waals surface area contributed by atoms with E-state index in [-0.39, 0.29) is 6.61 Å². The van der Waals surface area contributed by atoms with Gasteiger partial charge in [-0.2, -0.15) is 0 Å². The molecule has 1 N–H and O–H groups in total. The fraction of sp³-hybridized carbons (Fsp3) is 0.538. The summed E-state index contributed by atoms with van der Waals surface area (Å²) < 4.78 is 26.0. The van der Waals surface area contributed by atoms with Gasteiger partial charge in [0.25, 0.3) is 0 Å². The molecule has 0 atom stereocenters. The summed E-state index contributed by atoms with van der Waals surface area (Å²) in [6.45, 7) is 1.82. The lowest BCUT2D eigenvalue weighted by Crippen LogP contribution is -2.23. The van der Waals surface area contributed by atoms with Crippen LogP contribution in [0.15, 0.2) is 18.2 Å². The maximum absolute atomic E-state index is 13.3. The fourth-order valence-electron chi connectivity index (χ4n) is 1.64. The van der Waals surface area contributed by atoms with Crippen molar-refractivity contribution in [3.8, 4) is 0 Å². The van der Waals surface area contributed by atoms with E-state index in [2.05, 4.69) is 4.90 Å². The predicted octanol–water partition coefficient (Wildman–Crippen LogP) is 2.21. The Hall–Kier alpha value is -1.00. The molecule has 0 aliphatic rings. The van der Waals surface area contributed by atoms with Crippen LogP contribution in [0.4, 0.5) is 8.78 Å². The minimum Gasteiger partial charge on any atom is -0.396 e. The summed E-state index contributed by atoms with van der Waals surface area (Å²) in [7, 11) is 1.96. The van der Waals surface area contributed by atoms with Crippen LogP contribution in [0.5, 0.6) is 0 Å². The van der Waals surface area contributed by atoms with Gasteiger partial charge >= 0.3 is 0 Å². The van der Waals surface area contributed by atoms with Gasteiger partial charge in [-0.25, -0.2) is 8.78 Å². The number of hydrogen-bond donors (Lipinski definition) is 1. The zero-order chi connectivity index (χ0) is 12.7. The Kier molecular flexibility index (Phi) is 6.08. The maximum Gasteiger partial charge on any atom is 0.129 e. The van der Waals surface area contributed by atoms with E-state index in [0.717, 1.165) is 32.0 Å². The summed E-state index contributed by atoms with van der Waals surface area (Å²) in [5, 5.41) is 8.65. The lowest BCUT2D eigenvalue weighted by molar-refractivity contribution is 0.264. The smallest absolute Gasteiger partial charge is 0.129 e. The highest BCUT2D eigenvalue weighted by Crippen LogP contribution is 2.10. The van der Waals surface area contributed by atoms with Crippen LogP contribution in [-0.4, -0.2) is 36.8 Å². The number of rotatable bonds is 7. The van der Waals surface area contributed by atoms with Crippen LogP contribution in [0.3, 0.4) is 0 Å². The van der Waals surface area contributed by atoms with Crippen molar-refractivity contribution in [3.63, 3.8) is 0 Å². The van der Waals surface area contributed by atoms with Crippen molar-refractivity contribution in [2.24, 2.45) is 0 Å². The molecule has 0 aliphatic heterocycles. The lowest BCUT2D eigenvalue weighted by atomic mass is 10.1. The van der Waals surface area contributed by atoms with Crippen molar-refractivity contribution in [1.29, 1.82) is 0 Å². The number of hydrogen-bond acceptors (Lipinski definition) is 2. The van der Waals surface area contributed by atoms with Gasteiger partial charge in [-0.3, -0.25) is 0 Å². The average molecular weight is 243 g/mol. The quantitative estimate of drug-likeness (QED) is 0.742. The Balaban J connectivity index is 2.34. The molecule has 1 aromatic carbocycles. The van der Waals surface area contributed by atoms with Crippen molar-refractivity contribution in [1.82, 2.24) is 4.90 Å². The standard InChI is InChI=1S/C13H19F2NO/c1-16(7-2-3-9-17)8-6-11-4-5-12(14)10-13(11)15/h4-5,10,17H,2-3,6-9H2,1H3. The highest BCUT2D eigenvalue weighted by Gasteiger charge is 2.05. The van der Waals surface area contributed by atoms with Gasteiger partial charge in [0.05, 0.1) is 0 Å². The Morgan fingerprint density at radius 1 is 1.18 bits per heavy atom. The summed E-state index contributed by atoms with van der Waals surface area (Å²) >= 11 is 0. The van der Waals surface area contributed by atoms with Crippen molar-refractivity contribution >= 4 is 0 Å². The van der Waals surface area contributed by atoms with Crippen LogP contribution in [0.1, 0.15) is 18.4 Å². The van der Waals surface area contributed by atoms with Crippen LogP contribution < -0.4 is 0 Å². The molecule has 4 heteroatoms. The maximum atomic E-state index is 13.3. The first-order valence-electron chi connectivity index (χ1n) is 5.87. The Morgan fingerprint density at radius 2 is 1.94 bits per heavy atom. The molecule has 0 radical (unpaired) electrons. The van der Waals surface area contributed by atoms with Gasteiger partial charge in [0, 0.05) is 19.2 Å². The van der Waals surface area contributed by atoms with Crippen LogP contribution >= 0.6 is 0 Å². The third kappa shape index (κ3) is 5.24. The van der Waals surface area contributed by atoms with Gasteiger partial charge in [-0.05, 0) is 44.5 Å². The SMILES string of the molecule is CN(CCCCO)CCc1ccc(F)cc1F. The van der Waals surface area contributed by atoms with Crippen LogP contribution in [0.25, 0.3) is 0 Å². The summed E-state index contributed by atoms with van der Waals surface area (Å²) in [4.78, 5) is 2.08. The van der Waals surface area contributed by atoms with Gasteiger partial charge in [0.15, 0.2) is 0 Å². The summed E-state index contributed by atoms with van der Waals surface area (Å²) in [6, 6.07) is 3.69. The molecule has 96 valence electrons. The summed E-state index contributed by atoms with van der Waals surface area (Å²) in [5.74, 6) is -1.02. The highest BCUT2D eigenvalue weighted by atomic mass is 19.1. The zero-order valence-electron chi connectivity index (χ0n) is 10.1. The second-order valence-corrected chi connectivity index (χ2v) is 4.22. The highest BCUT2D eigenvalue weighted by molar-refractivity contribution is 5.18. The molecule has 0 aliphatic carbocycles. The van der Waals surface area contributed by atoms with Crippen LogP contribution in [-0.2, 0) is 6.42 Å². The number of aliphatic hydroxyl groups excluding tert-OH is 1. The second kappa shape index (κ2) is 7.35. The first-order valence-corrected chi connectivity index (χ1v) is 5.87. The van der Waals surface area contributed by atoms with Gasteiger partial charge in [-0.15, -0.1) is 0 Å². The van der Waals surface area contributed by atoms with Crippen LogP contribution in [0, 0.1) is 11.6 Å². The van der Waals surface area contributed by atoms with E-state index in [1.165, 1.54) is 12.1 Å². The Labute approximate surface area is 101 Å². The number of unbranched alkanes of at least 4 members (excludes halogenated alkanes) is 1. The first-order chi connectivity index (χ1) is 8.13. The third-order valence-corrected chi connectivity index (χ3v) is 2.73. The van der Waals surface area contributed by atoms with Crippen molar-refractivity contribution in [2.75, 3.05) is 26.7 Å². The van der Waals surface area contributed by atoms with Gasteiger partial charge in [-0.1, -0.05) is 6.07 Å². The molecule has 0 unspecified atom stereocenters. The van der Waals surface area contributed by atoms with E-state index in [0.29, 0.717) is 12.0 Å². The number of halogens is 2. The number of nitrogens with zero attached hydrogens (tertiary/aromatic N) is 1. The molecule has 17 heavy (non-hydrogen) atoms. The Morgan fingerprint density at radius 3 is 2.59 bits per heavy atom. The molecule has 0 aromatic heterocycles. The monoisotopic (exact) mass is 243 g/mol. The molecule has 0 amide bonds. The second-order valence-electron chi connectivity index (χ2n) is 4.22. The van der Waals surface area contributed by atoms with Gasteiger partial charge < -0.3 is 10.0 Å². The molecule has 1 aromatic rings. The van der Waals surface area contributed by atoms with Crippen LogP contribution in [0.2, 0.25) is 0 Å². The molecular formula is C13H19F2NO. The minimum absolute atomic E-state index is 0.209. The van der Waals surface area contributed by atoms with Gasteiger partial charge in [0.2, 0.25) is 0 Å². The van der Waals surface area contributed by atoms with Crippen molar-refractivity contribution in [2.45, 2.75) is 19.3 Å². The van der Waals surface area contributed by atoms with Crippen molar-refractivity contribution in [3.05, 3.63) is 35.4 Å². The normalized spacial score (nSPS) is 11.1. The zero-order valence-corrected chi connectivity index (χ0v) is 10.1. The minimum atomic E-state index is -0.539. The average Bonchev–Trinajstić information content (AvgIpc) is 2.28. The number of benzene rings is 1. The van der Waals surface area contributed by atoms with E-state index >= 15 is 0 Å². The molecule has 0 fully saturated rings. The van der Waals surface area contributed by atoms with E-state index in [1.807, 2.05) is 7.05 Å². The topological polar surface area (TPSA) is 23.5 Å². The molecule has 0 spiro atoms.